The monoisotopic (exact) mass is 375 g/mol. The lowest BCUT2D eigenvalue weighted by Crippen LogP contribution is -2.19. The van der Waals surface area contributed by atoms with Crippen LogP contribution < -0.4 is 4.74 Å². The predicted octanol–water partition coefficient (Wildman–Crippen LogP) is 5.43. The molecule has 0 saturated heterocycles. The summed E-state index contributed by atoms with van der Waals surface area (Å²) in [6, 6.07) is 15.8. The average Bonchev–Trinajstić information content (AvgIpc) is 3.22. The van der Waals surface area contributed by atoms with E-state index >= 15 is 0 Å². The van der Waals surface area contributed by atoms with Gasteiger partial charge in [-0.3, -0.25) is 0 Å². The fourth-order valence-electron chi connectivity index (χ4n) is 3.44. The summed E-state index contributed by atoms with van der Waals surface area (Å²) in [4.78, 5) is 2.11. The van der Waals surface area contributed by atoms with Crippen LogP contribution in [0.25, 0.3) is 5.57 Å². The molecule has 3 heteroatoms. The first-order valence-electron chi connectivity index (χ1n) is 9.85. The van der Waals surface area contributed by atoms with E-state index in [0.29, 0.717) is 6.61 Å². The first-order valence-corrected chi connectivity index (χ1v) is 9.85. The van der Waals surface area contributed by atoms with E-state index in [2.05, 4.69) is 42.2 Å². The molecule has 0 spiro atoms. The molecular weight excluding hydrogens is 346 g/mol. The van der Waals surface area contributed by atoms with Crippen LogP contribution >= 0.6 is 0 Å². The highest BCUT2D eigenvalue weighted by Crippen LogP contribution is 2.36. The second-order valence-electron chi connectivity index (χ2n) is 7.25. The Kier molecular flexibility index (Phi) is 6.72. The summed E-state index contributed by atoms with van der Waals surface area (Å²) < 4.78 is 5.85. The smallest absolute Gasteiger partial charge is 0.119 e. The second kappa shape index (κ2) is 9.43. The van der Waals surface area contributed by atoms with Crippen molar-refractivity contribution in [2.24, 2.45) is 0 Å². The lowest BCUT2D eigenvalue weighted by molar-refractivity contribution is 0.261. The van der Waals surface area contributed by atoms with E-state index in [9.17, 15) is 5.11 Å². The molecule has 146 valence electrons. The molecule has 1 N–H and O–H groups in total. The summed E-state index contributed by atoms with van der Waals surface area (Å²) in [5.74, 6) is 1.17. The van der Waals surface area contributed by atoms with Gasteiger partial charge in [0.25, 0.3) is 0 Å². The van der Waals surface area contributed by atoms with E-state index in [0.717, 1.165) is 36.3 Å². The van der Waals surface area contributed by atoms with E-state index in [1.54, 1.807) is 12.1 Å². The molecule has 2 aromatic carbocycles. The topological polar surface area (TPSA) is 32.7 Å². The SMILES string of the molecule is CC/C(C1=CC=CC1)=C(/c1ccc(O)cc1)c1ccc(OCCN(C)C)cc1. The highest BCUT2D eigenvalue weighted by Gasteiger charge is 2.15. The predicted molar refractivity (Wildman–Crippen MR) is 117 cm³/mol. The van der Waals surface area contributed by atoms with E-state index in [1.165, 1.54) is 16.7 Å². The number of phenols is 1. The minimum atomic E-state index is 0.285. The highest BCUT2D eigenvalue weighted by atomic mass is 16.5. The summed E-state index contributed by atoms with van der Waals surface area (Å²) in [5.41, 5.74) is 6.20. The fourth-order valence-corrected chi connectivity index (χ4v) is 3.44. The number of phenolic OH excluding ortho intramolecular Hbond substituents is 1. The number of allylic oxidation sites excluding steroid dienone is 5. The molecule has 0 unspecified atom stereocenters. The molecule has 0 aliphatic heterocycles. The van der Waals surface area contributed by atoms with Crippen LogP contribution in [0.1, 0.15) is 30.9 Å². The van der Waals surface area contributed by atoms with Gasteiger partial charge >= 0.3 is 0 Å². The van der Waals surface area contributed by atoms with Crippen molar-refractivity contribution in [3.05, 3.63) is 89.0 Å². The Bertz CT molecular complexity index is 872. The molecule has 28 heavy (non-hydrogen) atoms. The Labute approximate surface area is 168 Å². The molecule has 2 aromatic rings. The van der Waals surface area contributed by atoms with Crippen molar-refractivity contribution < 1.29 is 9.84 Å². The number of hydrogen-bond donors (Lipinski definition) is 1. The summed E-state index contributed by atoms with van der Waals surface area (Å²) in [7, 11) is 4.08. The van der Waals surface area contributed by atoms with Crippen molar-refractivity contribution in [3.8, 4) is 11.5 Å². The maximum absolute atomic E-state index is 9.72. The minimum absolute atomic E-state index is 0.285. The van der Waals surface area contributed by atoms with Crippen molar-refractivity contribution >= 4 is 5.57 Å². The van der Waals surface area contributed by atoms with Crippen molar-refractivity contribution in [2.45, 2.75) is 19.8 Å². The molecule has 1 aliphatic carbocycles. The molecule has 0 bridgehead atoms. The third-order valence-electron chi connectivity index (χ3n) is 4.92. The average molecular weight is 376 g/mol. The van der Waals surface area contributed by atoms with Crippen LogP contribution in [-0.2, 0) is 0 Å². The van der Waals surface area contributed by atoms with Crippen molar-refractivity contribution in [3.63, 3.8) is 0 Å². The van der Waals surface area contributed by atoms with Crippen LogP contribution in [0.5, 0.6) is 11.5 Å². The molecule has 0 fully saturated rings. The number of ether oxygens (including phenoxy) is 1. The van der Waals surface area contributed by atoms with E-state index in [-0.39, 0.29) is 5.75 Å². The summed E-state index contributed by atoms with van der Waals surface area (Å²) in [5, 5.41) is 9.72. The summed E-state index contributed by atoms with van der Waals surface area (Å²) in [6.07, 6.45) is 8.45. The van der Waals surface area contributed by atoms with Crippen LogP contribution in [0, 0.1) is 0 Å². The normalized spacial score (nSPS) is 14.2. The van der Waals surface area contributed by atoms with Crippen LogP contribution in [0.15, 0.2) is 77.9 Å². The molecular formula is C25H29NO2. The quantitative estimate of drug-likeness (QED) is 0.668. The molecule has 0 aromatic heterocycles. The van der Waals surface area contributed by atoms with Crippen LogP contribution in [-0.4, -0.2) is 37.3 Å². The van der Waals surface area contributed by atoms with Gasteiger partial charge in [-0.2, -0.15) is 0 Å². The van der Waals surface area contributed by atoms with Gasteiger partial charge in [0.1, 0.15) is 18.1 Å². The van der Waals surface area contributed by atoms with Gasteiger partial charge in [-0.25, -0.2) is 0 Å². The van der Waals surface area contributed by atoms with Gasteiger partial charge in [0.2, 0.25) is 0 Å². The first kappa shape index (κ1) is 20.0. The lowest BCUT2D eigenvalue weighted by Gasteiger charge is -2.18. The molecule has 3 rings (SSSR count). The number of hydrogen-bond acceptors (Lipinski definition) is 3. The molecule has 0 radical (unpaired) electrons. The van der Waals surface area contributed by atoms with E-state index in [4.69, 9.17) is 4.74 Å². The number of rotatable bonds is 8. The molecule has 0 atom stereocenters. The Balaban J connectivity index is 1.96. The standard InChI is InChI=1S/C25H29NO2/c1-4-24(19-7-5-6-8-19)25(20-9-13-22(27)14-10-20)21-11-15-23(16-12-21)28-18-17-26(2)3/h5-7,9-16,27H,4,8,17-18H2,1-3H3/b25-24+. The van der Waals surface area contributed by atoms with Gasteiger partial charge < -0.3 is 14.7 Å². The molecule has 0 heterocycles. The van der Waals surface area contributed by atoms with Crippen molar-refractivity contribution in [1.82, 2.24) is 4.90 Å². The minimum Gasteiger partial charge on any atom is -0.508 e. The van der Waals surface area contributed by atoms with Gasteiger partial charge in [0.05, 0.1) is 0 Å². The third kappa shape index (κ3) is 4.93. The number of likely N-dealkylation sites (N-methyl/N-ethyl adjacent to an activating group) is 1. The first-order chi connectivity index (χ1) is 13.6. The third-order valence-corrected chi connectivity index (χ3v) is 4.92. The largest absolute Gasteiger partial charge is 0.508 e. The molecule has 1 aliphatic rings. The van der Waals surface area contributed by atoms with Crippen LogP contribution in [0.3, 0.4) is 0 Å². The zero-order valence-electron chi connectivity index (χ0n) is 17.0. The Morgan fingerprint density at radius 1 is 1.00 bits per heavy atom. The number of benzene rings is 2. The van der Waals surface area contributed by atoms with Gasteiger partial charge in [0.15, 0.2) is 0 Å². The zero-order chi connectivity index (χ0) is 19.9. The van der Waals surface area contributed by atoms with E-state index < -0.39 is 0 Å². The van der Waals surface area contributed by atoms with Crippen LogP contribution in [0.4, 0.5) is 0 Å². The van der Waals surface area contributed by atoms with Gasteiger partial charge in [-0.15, -0.1) is 0 Å². The van der Waals surface area contributed by atoms with Crippen molar-refractivity contribution in [2.75, 3.05) is 27.2 Å². The second-order valence-corrected chi connectivity index (χ2v) is 7.25. The zero-order valence-corrected chi connectivity index (χ0v) is 17.0. The maximum atomic E-state index is 9.72. The maximum Gasteiger partial charge on any atom is 0.119 e. The molecule has 3 nitrogen and oxygen atoms in total. The van der Waals surface area contributed by atoms with Gasteiger partial charge in [-0.05, 0) is 79.0 Å². The van der Waals surface area contributed by atoms with Crippen LogP contribution in [0.2, 0.25) is 0 Å². The van der Waals surface area contributed by atoms with E-state index in [1.807, 2.05) is 38.4 Å². The molecule has 0 amide bonds. The van der Waals surface area contributed by atoms with Gasteiger partial charge in [0, 0.05) is 6.54 Å². The number of aromatic hydroxyl groups is 1. The lowest BCUT2D eigenvalue weighted by atomic mass is 9.87. The number of nitrogens with zero attached hydrogens (tertiary/aromatic N) is 1. The van der Waals surface area contributed by atoms with Crippen molar-refractivity contribution in [1.29, 1.82) is 0 Å². The Hall–Kier alpha value is -2.78. The van der Waals surface area contributed by atoms with Gasteiger partial charge in [-0.1, -0.05) is 49.4 Å². The molecule has 0 saturated carbocycles. The Morgan fingerprint density at radius 3 is 2.18 bits per heavy atom. The fraction of sp³-hybridized carbons (Fsp3) is 0.280. The summed E-state index contributed by atoms with van der Waals surface area (Å²) >= 11 is 0. The highest BCUT2D eigenvalue weighted by molar-refractivity contribution is 5.85. The summed E-state index contributed by atoms with van der Waals surface area (Å²) in [6.45, 7) is 3.76. The Morgan fingerprint density at radius 2 is 1.64 bits per heavy atom.